The Kier molecular flexibility index (Phi) is 3.34. The molecule has 0 saturated carbocycles. The first kappa shape index (κ1) is 11.6. The number of anilines is 1. The van der Waals surface area contributed by atoms with E-state index < -0.39 is 18.0 Å². The van der Waals surface area contributed by atoms with E-state index in [1.807, 2.05) is 0 Å². The van der Waals surface area contributed by atoms with Crippen LogP contribution in [-0.2, 0) is 0 Å². The summed E-state index contributed by atoms with van der Waals surface area (Å²) in [6.45, 7) is 0. The van der Waals surface area contributed by atoms with Crippen molar-refractivity contribution in [1.82, 2.24) is 0 Å². The number of carbonyl (C=O) groups is 1. The van der Waals surface area contributed by atoms with Crippen LogP contribution < -0.4 is 4.90 Å². The van der Waals surface area contributed by atoms with E-state index in [9.17, 15) is 18.0 Å². The molecule has 0 spiro atoms. The van der Waals surface area contributed by atoms with Crippen LogP contribution in [0.1, 0.15) is 10.4 Å². The second-order valence-electron chi connectivity index (χ2n) is 3.23. The van der Waals surface area contributed by atoms with Crippen LogP contribution in [0.5, 0.6) is 0 Å². The minimum Gasteiger partial charge on any atom is -0.375 e. The van der Waals surface area contributed by atoms with E-state index in [0.717, 1.165) is 6.07 Å². The summed E-state index contributed by atoms with van der Waals surface area (Å²) in [5.41, 5.74) is -0.0612. The molecule has 82 valence electrons. The fraction of sp³-hybridized carbons (Fsp3) is 0.300. The number of benzene rings is 1. The van der Waals surface area contributed by atoms with Gasteiger partial charge in [0.25, 0.3) is 0 Å². The summed E-state index contributed by atoms with van der Waals surface area (Å²) in [5.74, 6) is -2.05. The molecule has 0 aliphatic rings. The van der Waals surface area contributed by atoms with E-state index >= 15 is 0 Å². The molecule has 1 aromatic carbocycles. The Bertz CT molecular complexity index is 377. The zero-order chi connectivity index (χ0) is 11.6. The van der Waals surface area contributed by atoms with E-state index in [1.165, 1.54) is 17.0 Å². The number of ketones is 1. The molecule has 0 aliphatic carbocycles. The molecule has 0 heterocycles. The second-order valence-corrected chi connectivity index (χ2v) is 3.23. The van der Waals surface area contributed by atoms with Crippen molar-refractivity contribution in [2.24, 2.45) is 0 Å². The van der Waals surface area contributed by atoms with Crippen molar-refractivity contribution in [3.05, 3.63) is 29.6 Å². The van der Waals surface area contributed by atoms with Gasteiger partial charge in [-0.05, 0) is 18.2 Å². The Morgan fingerprint density at radius 1 is 1.33 bits per heavy atom. The number of rotatable bonds is 3. The van der Waals surface area contributed by atoms with Crippen molar-refractivity contribution >= 4 is 11.5 Å². The Hall–Kier alpha value is -1.52. The van der Waals surface area contributed by atoms with Gasteiger partial charge in [0.1, 0.15) is 5.82 Å². The zero-order valence-electron chi connectivity index (χ0n) is 8.30. The van der Waals surface area contributed by atoms with Gasteiger partial charge in [-0.1, -0.05) is 0 Å². The van der Waals surface area contributed by atoms with Crippen LogP contribution in [-0.4, -0.2) is 26.3 Å². The number of hydrogen-bond acceptors (Lipinski definition) is 2. The summed E-state index contributed by atoms with van der Waals surface area (Å²) in [4.78, 5) is 12.3. The number of alkyl halides is 2. The third-order valence-electron chi connectivity index (χ3n) is 1.91. The van der Waals surface area contributed by atoms with Crippen LogP contribution in [0, 0.1) is 5.82 Å². The van der Waals surface area contributed by atoms with Crippen LogP contribution in [0.25, 0.3) is 0 Å². The van der Waals surface area contributed by atoms with Crippen LogP contribution in [0.15, 0.2) is 18.2 Å². The van der Waals surface area contributed by atoms with E-state index in [0.29, 0.717) is 0 Å². The van der Waals surface area contributed by atoms with Gasteiger partial charge in [0.05, 0.1) is 5.69 Å². The van der Waals surface area contributed by atoms with Gasteiger partial charge in [-0.15, -0.1) is 0 Å². The predicted octanol–water partition coefficient (Wildman–Crippen LogP) is 2.34. The summed E-state index contributed by atoms with van der Waals surface area (Å²) < 4.78 is 37.3. The molecule has 5 heteroatoms. The maximum absolute atomic E-state index is 13.3. The first-order valence-corrected chi connectivity index (χ1v) is 4.22. The van der Waals surface area contributed by atoms with Gasteiger partial charge in [-0.2, -0.15) is 0 Å². The monoisotopic (exact) mass is 217 g/mol. The van der Waals surface area contributed by atoms with E-state index in [1.54, 1.807) is 14.1 Å². The normalized spacial score (nSPS) is 10.5. The number of Topliss-reactive ketones (excluding diaryl/α,β-unsaturated/α-hetero) is 1. The van der Waals surface area contributed by atoms with Gasteiger partial charge in [0, 0.05) is 19.7 Å². The summed E-state index contributed by atoms with van der Waals surface area (Å²) in [7, 11) is 3.24. The summed E-state index contributed by atoms with van der Waals surface area (Å²) in [6.07, 6.45) is -3.10. The van der Waals surface area contributed by atoms with Crippen molar-refractivity contribution in [2.45, 2.75) is 6.43 Å². The second kappa shape index (κ2) is 4.33. The average Bonchev–Trinajstić information content (AvgIpc) is 2.15. The highest BCUT2D eigenvalue weighted by atomic mass is 19.3. The number of halogens is 3. The number of nitrogens with zero attached hydrogens (tertiary/aromatic N) is 1. The highest BCUT2D eigenvalue weighted by Gasteiger charge is 2.19. The Labute approximate surface area is 85.3 Å². The fourth-order valence-electron chi connectivity index (χ4n) is 1.15. The maximum Gasteiger partial charge on any atom is 0.300 e. The minimum atomic E-state index is -3.10. The van der Waals surface area contributed by atoms with Crippen molar-refractivity contribution in [3.63, 3.8) is 0 Å². The quantitative estimate of drug-likeness (QED) is 0.724. The molecule has 15 heavy (non-hydrogen) atoms. The third kappa shape index (κ3) is 2.49. The molecule has 0 unspecified atom stereocenters. The molecule has 0 atom stereocenters. The molecule has 0 fully saturated rings. The molecule has 0 aromatic heterocycles. The molecule has 1 aromatic rings. The Morgan fingerprint density at radius 3 is 2.33 bits per heavy atom. The summed E-state index contributed by atoms with van der Waals surface area (Å²) in [5, 5.41) is 0. The molecule has 0 radical (unpaired) electrons. The molecule has 1 rings (SSSR count). The smallest absolute Gasteiger partial charge is 0.300 e. The predicted molar refractivity (Wildman–Crippen MR) is 51.1 cm³/mol. The van der Waals surface area contributed by atoms with Crippen LogP contribution in [0.2, 0.25) is 0 Å². The lowest BCUT2D eigenvalue weighted by Crippen LogP contribution is -2.13. The van der Waals surface area contributed by atoms with Crippen molar-refractivity contribution < 1.29 is 18.0 Å². The summed E-state index contributed by atoms with van der Waals surface area (Å²) in [6, 6.07) is 3.31. The molecule has 0 saturated heterocycles. The molecule has 2 nitrogen and oxygen atoms in total. The van der Waals surface area contributed by atoms with Crippen molar-refractivity contribution in [2.75, 3.05) is 19.0 Å². The largest absolute Gasteiger partial charge is 0.375 e. The topological polar surface area (TPSA) is 20.3 Å². The van der Waals surface area contributed by atoms with Crippen LogP contribution in [0.4, 0.5) is 18.9 Å². The lowest BCUT2D eigenvalue weighted by Gasteiger charge is -2.13. The highest BCUT2D eigenvalue weighted by Crippen LogP contribution is 2.19. The Morgan fingerprint density at radius 2 is 1.93 bits per heavy atom. The zero-order valence-corrected chi connectivity index (χ0v) is 8.30. The van der Waals surface area contributed by atoms with Gasteiger partial charge >= 0.3 is 6.43 Å². The SMILES string of the molecule is CN(C)c1ccc(C(=O)C(F)F)cc1F. The van der Waals surface area contributed by atoms with Gasteiger partial charge in [0.2, 0.25) is 5.78 Å². The van der Waals surface area contributed by atoms with E-state index in [2.05, 4.69) is 0 Å². The van der Waals surface area contributed by atoms with Gasteiger partial charge in [-0.25, -0.2) is 13.2 Å². The average molecular weight is 217 g/mol. The molecular weight excluding hydrogens is 207 g/mol. The van der Waals surface area contributed by atoms with Crippen molar-refractivity contribution in [1.29, 1.82) is 0 Å². The third-order valence-corrected chi connectivity index (χ3v) is 1.91. The lowest BCUT2D eigenvalue weighted by atomic mass is 10.1. The van der Waals surface area contributed by atoms with Crippen LogP contribution >= 0.6 is 0 Å². The molecule has 0 bridgehead atoms. The van der Waals surface area contributed by atoms with Gasteiger partial charge < -0.3 is 4.90 Å². The first-order chi connectivity index (χ1) is 6.93. The van der Waals surface area contributed by atoms with Crippen molar-refractivity contribution in [3.8, 4) is 0 Å². The molecular formula is C10H10F3NO. The van der Waals surface area contributed by atoms with Gasteiger partial charge in [-0.3, -0.25) is 4.79 Å². The standard InChI is InChI=1S/C10H10F3NO/c1-14(2)8-4-3-6(5-7(8)11)9(15)10(12)13/h3-5,10H,1-2H3. The van der Waals surface area contributed by atoms with E-state index in [4.69, 9.17) is 0 Å². The van der Waals surface area contributed by atoms with Gasteiger partial charge in [0.15, 0.2) is 0 Å². The number of carbonyl (C=O) groups excluding carboxylic acids is 1. The van der Waals surface area contributed by atoms with Crippen LogP contribution in [0.3, 0.4) is 0 Å². The summed E-state index contributed by atoms with van der Waals surface area (Å²) >= 11 is 0. The Balaban J connectivity index is 3.07. The molecule has 0 amide bonds. The minimum absolute atomic E-state index is 0.251. The van der Waals surface area contributed by atoms with E-state index in [-0.39, 0.29) is 11.3 Å². The maximum atomic E-state index is 13.3. The fourth-order valence-corrected chi connectivity index (χ4v) is 1.15. The molecule has 0 aliphatic heterocycles. The highest BCUT2D eigenvalue weighted by molar-refractivity contribution is 5.98. The molecule has 0 N–H and O–H groups in total. The number of hydrogen-bond donors (Lipinski definition) is 0. The first-order valence-electron chi connectivity index (χ1n) is 4.22. The lowest BCUT2D eigenvalue weighted by molar-refractivity contribution is 0.0678.